The van der Waals surface area contributed by atoms with Crippen LogP contribution in [-0.2, 0) is 11.3 Å². The molecule has 1 saturated carbocycles. The lowest BCUT2D eigenvalue weighted by atomic mass is 10.1. The second-order valence-corrected chi connectivity index (χ2v) is 4.91. The molecule has 0 radical (unpaired) electrons. The Balaban J connectivity index is 1.97. The summed E-state index contributed by atoms with van der Waals surface area (Å²) in [6.45, 7) is 8.03. The Morgan fingerprint density at radius 1 is 1.47 bits per heavy atom. The summed E-state index contributed by atoms with van der Waals surface area (Å²) in [6, 6.07) is 1.97. The Kier molecular flexibility index (Phi) is 3.67. The van der Waals surface area contributed by atoms with Crippen molar-refractivity contribution in [3.8, 4) is 0 Å². The third-order valence-corrected chi connectivity index (χ3v) is 3.47. The van der Waals surface area contributed by atoms with Gasteiger partial charge in [-0.1, -0.05) is 0 Å². The first-order valence-electron chi connectivity index (χ1n) is 6.41. The van der Waals surface area contributed by atoms with Crippen molar-refractivity contribution in [3.63, 3.8) is 0 Å². The average molecular weight is 235 g/mol. The van der Waals surface area contributed by atoms with Crippen molar-refractivity contribution in [1.29, 1.82) is 0 Å². The summed E-state index contributed by atoms with van der Waals surface area (Å²) in [5, 5.41) is 0. The third kappa shape index (κ3) is 2.78. The van der Waals surface area contributed by atoms with Gasteiger partial charge in [-0.3, -0.25) is 4.79 Å². The number of aromatic nitrogens is 1. The zero-order chi connectivity index (χ0) is 12.4. The SMILES string of the molecule is CCn1c(C)cc(C(=O)COCC2CC2)c1C. The van der Waals surface area contributed by atoms with Crippen molar-refractivity contribution in [1.82, 2.24) is 4.57 Å². The minimum absolute atomic E-state index is 0.110. The fraction of sp³-hybridized carbons (Fsp3) is 0.643. The first kappa shape index (κ1) is 12.4. The molecule has 1 fully saturated rings. The lowest BCUT2D eigenvalue weighted by molar-refractivity contribution is 0.0739. The Labute approximate surface area is 103 Å². The van der Waals surface area contributed by atoms with Crippen molar-refractivity contribution in [2.45, 2.75) is 40.2 Å². The lowest BCUT2D eigenvalue weighted by Crippen LogP contribution is -2.11. The molecule has 0 amide bonds. The van der Waals surface area contributed by atoms with Crippen molar-refractivity contribution in [2.24, 2.45) is 5.92 Å². The molecule has 0 aromatic carbocycles. The lowest BCUT2D eigenvalue weighted by Gasteiger charge is -2.06. The van der Waals surface area contributed by atoms with Crippen LogP contribution in [0.4, 0.5) is 0 Å². The minimum atomic E-state index is 0.110. The van der Waals surface area contributed by atoms with Gasteiger partial charge >= 0.3 is 0 Å². The van der Waals surface area contributed by atoms with Gasteiger partial charge in [-0.05, 0) is 45.6 Å². The van der Waals surface area contributed by atoms with Crippen LogP contribution >= 0.6 is 0 Å². The number of ketones is 1. The highest BCUT2D eigenvalue weighted by atomic mass is 16.5. The summed E-state index contributed by atoms with van der Waals surface area (Å²) in [4.78, 5) is 12.0. The molecule has 1 aliphatic carbocycles. The van der Waals surface area contributed by atoms with E-state index in [4.69, 9.17) is 4.74 Å². The van der Waals surface area contributed by atoms with E-state index in [1.54, 1.807) is 0 Å². The molecule has 94 valence electrons. The van der Waals surface area contributed by atoms with E-state index >= 15 is 0 Å². The summed E-state index contributed by atoms with van der Waals surface area (Å²) in [5.41, 5.74) is 3.03. The number of Topliss-reactive ketones (excluding diaryl/α,β-unsaturated/α-hetero) is 1. The third-order valence-electron chi connectivity index (χ3n) is 3.47. The number of rotatable bonds is 6. The maximum atomic E-state index is 12.0. The molecular formula is C14H21NO2. The molecule has 0 spiro atoms. The fourth-order valence-corrected chi connectivity index (χ4v) is 2.25. The Hall–Kier alpha value is -1.09. The van der Waals surface area contributed by atoms with E-state index in [0.717, 1.165) is 30.1 Å². The second kappa shape index (κ2) is 5.05. The normalized spacial score (nSPS) is 15.2. The van der Waals surface area contributed by atoms with Gasteiger partial charge in [0.05, 0.1) is 6.61 Å². The monoisotopic (exact) mass is 235 g/mol. The number of hydrogen-bond donors (Lipinski definition) is 0. The molecule has 1 aliphatic rings. The molecule has 1 aromatic rings. The molecule has 1 heterocycles. The highest BCUT2D eigenvalue weighted by Gasteiger charge is 2.22. The van der Waals surface area contributed by atoms with Gasteiger partial charge in [-0.25, -0.2) is 0 Å². The molecule has 3 nitrogen and oxygen atoms in total. The van der Waals surface area contributed by atoms with Gasteiger partial charge in [0.2, 0.25) is 0 Å². The molecule has 2 rings (SSSR count). The highest BCUT2D eigenvalue weighted by Crippen LogP contribution is 2.28. The topological polar surface area (TPSA) is 31.2 Å². The zero-order valence-corrected chi connectivity index (χ0v) is 11.0. The van der Waals surface area contributed by atoms with Crippen LogP contribution in [0.3, 0.4) is 0 Å². The molecule has 0 saturated heterocycles. The molecule has 1 aromatic heterocycles. The number of carbonyl (C=O) groups excluding carboxylic acids is 1. The first-order valence-corrected chi connectivity index (χ1v) is 6.41. The molecule has 0 atom stereocenters. The smallest absolute Gasteiger partial charge is 0.190 e. The van der Waals surface area contributed by atoms with Crippen LogP contribution in [0.5, 0.6) is 0 Å². The van der Waals surface area contributed by atoms with Gasteiger partial charge in [-0.2, -0.15) is 0 Å². The molecule has 17 heavy (non-hydrogen) atoms. The summed E-state index contributed by atoms with van der Waals surface area (Å²) in [7, 11) is 0. The number of aryl methyl sites for hydroxylation is 1. The largest absolute Gasteiger partial charge is 0.373 e. The first-order chi connectivity index (χ1) is 8.13. The van der Waals surface area contributed by atoms with Gasteiger partial charge in [0, 0.05) is 23.5 Å². The molecule has 0 N–H and O–H groups in total. The van der Waals surface area contributed by atoms with Crippen LogP contribution in [0.25, 0.3) is 0 Å². The van der Waals surface area contributed by atoms with E-state index in [0.29, 0.717) is 5.92 Å². The maximum absolute atomic E-state index is 12.0. The summed E-state index contributed by atoms with van der Waals surface area (Å²) in [6.07, 6.45) is 2.52. The number of carbonyl (C=O) groups is 1. The van der Waals surface area contributed by atoms with E-state index in [9.17, 15) is 4.79 Å². The molecule has 0 bridgehead atoms. The minimum Gasteiger partial charge on any atom is -0.373 e. The van der Waals surface area contributed by atoms with Gasteiger partial charge in [0.25, 0.3) is 0 Å². The average Bonchev–Trinajstić information content (AvgIpc) is 3.05. The highest BCUT2D eigenvalue weighted by molar-refractivity contribution is 5.98. The van der Waals surface area contributed by atoms with Gasteiger partial charge in [0.15, 0.2) is 5.78 Å². The number of hydrogen-bond acceptors (Lipinski definition) is 2. The fourth-order valence-electron chi connectivity index (χ4n) is 2.25. The van der Waals surface area contributed by atoms with Crippen molar-refractivity contribution in [3.05, 3.63) is 23.0 Å². The van der Waals surface area contributed by atoms with E-state index in [1.807, 2.05) is 19.9 Å². The van der Waals surface area contributed by atoms with E-state index in [1.165, 1.54) is 12.8 Å². The van der Waals surface area contributed by atoms with Crippen molar-refractivity contribution >= 4 is 5.78 Å². The van der Waals surface area contributed by atoms with E-state index in [-0.39, 0.29) is 12.4 Å². The second-order valence-electron chi connectivity index (χ2n) is 4.91. The van der Waals surface area contributed by atoms with E-state index < -0.39 is 0 Å². The Morgan fingerprint density at radius 3 is 2.71 bits per heavy atom. The van der Waals surface area contributed by atoms with Crippen LogP contribution in [0, 0.1) is 19.8 Å². The van der Waals surface area contributed by atoms with Gasteiger partial charge in [0.1, 0.15) is 6.61 Å². The summed E-state index contributed by atoms with van der Waals surface area (Å²) >= 11 is 0. The quantitative estimate of drug-likeness (QED) is 0.710. The van der Waals surface area contributed by atoms with Crippen LogP contribution in [0.2, 0.25) is 0 Å². The van der Waals surface area contributed by atoms with E-state index in [2.05, 4.69) is 11.5 Å². The van der Waals surface area contributed by atoms with Crippen LogP contribution in [-0.4, -0.2) is 23.6 Å². The van der Waals surface area contributed by atoms with Gasteiger partial charge in [-0.15, -0.1) is 0 Å². The summed E-state index contributed by atoms with van der Waals surface area (Å²) < 4.78 is 7.61. The van der Waals surface area contributed by atoms with Crippen LogP contribution in [0.1, 0.15) is 41.5 Å². The summed E-state index contributed by atoms with van der Waals surface area (Å²) in [5.74, 6) is 0.823. The molecule has 0 aliphatic heterocycles. The van der Waals surface area contributed by atoms with Gasteiger partial charge < -0.3 is 9.30 Å². The maximum Gasteiger partial charge on any atom is 0.190 e. The van der Waals surface area contributed by atoms with Crippen LogP contribution in [0.15, 0.2) is 6.07 Å². The Bertz CT molecular complexity index is 416. The van der Waals surface area contributed by atoms with Crippen molar-refractivity contribution in [2.75, 3.05) is 13.2 Å². The Morgan fingerprint density at radius 2 is 2.18 bits per heavy atom. The van der Waals surface area contributed by atoms with Crippen LogP contribution < -0.4 is 0 Å². The predicted octanol–water partition coefficient (Wildman–Crippen LogP) is 2.73. The predicted molar refractivity (Wildman–Crippen MR) is 67.5 cm³/mol. The number of nitrogens with zero attached hydrogens (tertiary/aromatic N) is 1. The molecule has 3 heteroatoms. The molecular weight excluding hydrogens is 214 g/mol. The zero-order valence-electron chi connectivity index (χ0n) is 11.0. The van der Waals surface area contributed by atoms with Crippen molar-refractivity contribution < 1.29 is 9.53 Å². The standard InChI is InChI=1S/C14H21NO2/c1-4-15-10(2)7-13(11(15)3)14(16)9-17-8-12-5-6-12/h7,12H,4-6,8-9H2,1-3H3. The number of ether oxygens (including phenoxy) is 1. The molecule has 0 unspecified atom stereocenters.